The van der Waals surface area contributed by atoms with Crippen molar-refractivity contribution in [2.75, 3.05) is 0 Å². The lowest BCUT2D eigenvalue weighted by Crippen LogP contribution is -2.11. The van der Waals surface area contributed by atoms with Gasteiger partial charge in [-0.1, -0.05) is 54.6 Å². The Bertz CT molecular complexity index is 344. The van der Waals surface area contributed by atoms with Crippen molar-refractivity contribution >= 4 is 47.2 Å². The highest BCUT2D eigenvalue weighted by Crippen LogP contribution is 2.34. The largest absolute Gasteiger partial charge is 0.324 e. The summed E-state index contributed by atoms with van der Waals surface area (Å²) >= 11 is 17.8. The molecule has 16 heavy (non-hydrogen) atoms. The standard InChI is InChI=1S/C10H13Cl3N2.ClH/c1-2-3-4-7(14)8-6(11)5-15-10(13)9(8)12;/h5,7H,2-4,14H2,1H3;1H/t7-;/m1./s1. The molecule has 0 aromatic carbocycles. The summed E-state index contributed by atoms with van der Waals surface area (Å²) in [7, 11) is 0. The summed E-state index contributed by atoms with van der Waals surface area (Å²) in [5.41, 5.74) is 6.70. The van der Waals surface area contributed by atoms with E-state index in [1.165, 1.54) is 6.20 Å². The van der Waals surface area contributed by atoms with Crippen LogP contribution in [0.3, 0.4) is 0 Å². The van der Waals surface area contributed by atoms with Crippen molar-refractivity contribution in [3.8, 4) is 0 Å². The zero-order valence-electron chi connectivity index (χ0n) is 8.84. The van der Waals surface area contributed by atoms with Gasteiger partial charge in [0.05, 0.1) is 10.0 Å². The smallest absolute Gasteiger partial charge is 0.148 e. The van der Waals surface area contributed by atoms with Crippen LogP contribution in [0.15, 0.2) is 6.20 Å². The molecule has 1 aromatic rings. The molecule has 1 heterocycles. The van der Waals surface area contributed by atoms with Crippen molar-refractivity contribution in [1.82, 2.24) is 4.98 Å². The molecule has 0 spiro atoms. The van der Waals surface area contributed by atoms with E-state index >= 15 is 0 Å². The number of pyridine rings is 1. The number of aromatic nitrogens is 1. The molecule has 0 aliphatic carbocycles. The number of unbranched alkanes of at least 4 members (excludes halogenated alkanes) is 1. The third kappa shape index (κ3) is 3.94. The van der Waals surface area contributed by atoms with E-state index < -0.39 is 0 Å². The first-order valence-electron chi connectivity index (χ1n) is 4.82. The Morgan fingerprint density at radius 1 is 1.38 bits per heavy atom. The van der Waals surface area contributed by atoms with Crippen LogP contribution >= 0.6 is 47.2 Å². The highest BCUT2D eigenvalue weighted by Gasteiger charge is 2.16. The molecule has 0 aliphatic heterocycles. The predicted octanol–water partition coefficient (Wildman–Crippen LogP) is 4.65. The molecule has 1 rings (SSSR count). The summed E-state index contributed by atoms with van der Waals surface area (Å²) in [4.78, 5) is 3.85. The molecular formula is C10H14Cl4N2. The lowest BCUT2D eigenvalue weighted by atomic mass is 10.0. The molecule has 0 radical (unpaired) electrons. The van der Waals surface area contributed by atoms with E-state index in [-0.39, 0.29) is 23.6 Å². The molecule has 0 saturated carbocycles. The quantitative estimate of drug-likeness (QED) is 0.822. The lowest BCUT2D eigenvalue weighted by Gasteiger charge is -2.15. The van der Waals surface area contributed by atoms with Gasteiger partial charge in [0, 0.05) is 17.8 Å². The fraction of sp³-hybridized carbons (Fsp3) is 0.500. The molecule has 1 atom stereocenters. The molecule has 0 bridgehead atoms. The first kappa shape index (κ1) is 16.3. The Balaban J connectivity index is 0.00000225. The Morgan fingerprint density at radius 2 is 2.00 bits per heavy atom. The van der Waals surface area contributed by atoms with Crippen molar-refractivity contribution < 1.29 is 0 Å². The molecule has 2 nitrogen and oxygen atoms in total. The van der Waals surface area contributed by atoms with E-state index in [1.54, 1.807) is 0 Å². The molecule has 0 saturated heterocycles. The van der Waals surface area contributed by atoms with E-state index in [1.807, 2.05) is 0 Å². The van der Waals surface area contributed by atoms with Crippen LogP contribution < -0.4 is 5.73 Å². The molecule has 1 aromatic heterocycles. The number of halogens is 4. The number of rotatable bonds is 4. The van der Waals surface area contributed by atoms with Gasteiger partial charge >= 0.3 is 0 Å². The van der Waals surface area contributed by atoms with Crippen LogP contribution in [0.2, 0.25) is 15.2 Å². The third-order valence-corrected chi connectivity index (χ3v) is 3.27. The van der Waals surface area contributed by atoms with Gasteiger partial charge in [0.1, 0.15) is 5.15 Å². The second kappa shape index (κ2) is 7.57. The second-order valence-corrected chi connectivity index (χ2v) is 4.52. The first-order chi connectivity index (χ1) is 7.07. The van der Waals surface area contributed by atoms with Gasteiger partial charge in [0.15, 0.2) is 0 Å². The number of hydrogen-bond donors (Lipinski definition) is 1. The normalized spacial score (nSPS) is 12.1. The van der Waals surface area contributed by atoms with E-state index in [0.717, 1.165) is 19.3 Å². The van der Waals surface area contributed by atoms with Gasteiger partial charge in [-0.2, -0.15) is 0 Å². The van der Waals surface area contributed by atoms with Gasteiger partial charge in [-0.15, -0.1) is 12.4 Å². The zero-order valence-corrected chi connectivity index (χ0v) is 11.9. The van der Waals surface area contributed by atoms with Gasteiger partial charge < -0.3 is 5.73 Å². The average molecular weight is 304 g/mol. The van der Waals surface area contributed by atoms with Gasteiger partial charge in [0.25, 0.3) is 0 Å². The lowest BCUT2D eigenvalue weighted by molar-refractivity contribution is 0.603. The minimum Gasteiger partial charge on any atom is -0.324 e. The monoisotopic (exact) mass is 302 g/mol. The highest BCUT2D eigenvalue weighted by atomic mass is 35.5. The first-order valence-corrected chi connectivity index (χ1v) is 5.96. The fourth-order valence-corrected chi connectivity index (χ4v) is 2.14. The van der Waals surface area contributed by atoms with Gasteiger partial charge in [-0.25, -0.2) is 4.98 Å². The second-order valence-electron chi connectivity index (χ2n) is 3.37. The maximum Gasteiger partial charge on any atom is 0.148 e. The minimum atomic E-state index is -0.176. The van der Waals surface area contributed by atoms with E-state index in [0.29, 0.717) is 15.6 Å². The average Bonchev–Trinajstić information content (AvgIpc) is 2.21. The maximum absolute atomic E-state index is 6.01. The van der Waals surface area contributed by atoms with Gasteiger partial charge in [0.2, 0.25) is 0 Å². The molecule has 0 unspecified atom stereocenters. The number of hydrogen-bond acceptors (Lipinski definition) is 2. The SMILES string of the molecule is CCCC[C@@H](N)c1c(Cl)cnc(Cl)c1Cl.Cl. The molecular weight excluding hydrogens is 290 g/mol. The molecule has 6 heteroatoms. The molecule has 0 aliphatic rings. The highest BCUT2D eigenvalue weighted by molar-refractivity contribution is 6.43. The Labute approximate surface area is 117 Å². The summed E-state index contributed by atoms with van der Waals surface area (Å²) in [6, 6.07) is -0.176. The van der Waals surface area contributed by atoms with Crippen LogP contribution in [0.1, 0.15) is 37.8 Å². The summed E-state index contributed by atoms with van der Waals surface area (Å²) in [6.45, 7) is 2.11. The van der Waals surface area contributed by atoms with Crippen LogP contribution in [0.5, 0.6) is 0 Å². The van der Waals surface area contributed by atoms with Crippen LogP contribution in [0.4, 0.5) is 0 Å². The summed E-state index contributed by atoms with van der Waals surface area (Å²) in [5.74, 6) is 0. The van der Waals surface area contributed by atoms with Crippen LogP contribution in [-0.4, -0.2) is 4.98 Å². The summed E-state index contributed by atoms with van der Waals surface area (Å²) < 4.78 is 0. The van der Waals surface area contributed by atoms with E-state index in [2.05, 4.69) is 11.9 Å². The Hall–Kier alpha value is 0.270. The Kier molecular flexibility index (Phi) is 7.70. The summed E-state index contributed by atoms with van der Waals surface area (Å²) in [5, 5.41) is 1.10. The minimum absolute atomic E-state index is 0. The van der Waals surface area contributed by atoms with Gasteiger partial charge in [-0.05, 0) is 6.42 Å². The third-order valence-electron chi connectivity index (χ3n) is 2.21. The van der Waals surface area contributed by atoms with Crippen molar-refractivity contribution in [2.24, 2.45) is 5.73 Å². The molecule has 0 amide bonds. The Morgan fingerprint density at radius 3 is 2.56 bits per heavy atom. The fourth-order valence-electron chi connectivity index (χ4n) is 1.36. The van der Waals surface area contributed by atoms with E-state index in [4.69, 9.17) is 40.5 Å². The number of nitrogens with zero attached hydrogens (tertiary/aromatic N) is 1. The maximum atomic E-state index is 6.01. The predicted molar refractivity (Wildman–Crippen MR) is 73.0 cm³/mol. The van der Waals surface area contributed by atoms with Crippen LogP contribution in [-0.2, 0) is 0 Å². The van der Waals surface area contributed by atoms with Crippen molar-refractivity contribution in [1.29, 1.82) is 0 Å². The molecule has 2 N–H and O–H groups in total. The van der Waals surface area contributed by atoms with E-state index in [9.17, 15) is 0 Å². The molecule has 0 fully saturated rings. The summed E-state index contributed by atoms with van der Waals surface area (Å²) in [6.07, 6.45) is 4.45. The van der Waals surface area contributed by atoms with Crippen LogP contribution in [0, 0.1) is 0 Å². The van der Waals surface area contributed by atoms with Crippen LogP contribution in [0.25, 0.3) is 0 Å². The van der Waals surface area contributed by atoms with Crippen molar-refractivity contribution in [3.63, 3.8) is 0 Å². The molecule has 92 valence electrons. The van der Waals surface area contributed by atoms with Gasteiger partial charge in [-0.3, -0.25) is 0 Å². The zero-order chi connectivity index (χ0) is 11.4. The topological polar surface area (TPSA) is 38.9 Å². The number of nitrogens with two attached hydrogens (primary N) is 1. The van der Waals surface area contributed by atoms with Crippen molar-refractivity contribution in [3.05, 3.63) is 27.0 Å². The van der Waals surface area contributed by atoms with Crippen molar-refractivity contribution in [2.45, 2.75) is 32.2 Å².